The van der Waals surface area contributed by atoms with Crippen LogP contribution in [0.3, 0.4) is 0 Å². The summed E-state index contributed by atoms with van der Waals surface area (Å²) in [5.74, 6) is 0. The highest BCUT2D eigenvalue weighted by Gasteiger charge is 2.35. The molecule has 0 aromatic heterocycles. The van der Waals surface area contributed by atoms with Crippen LogP contribution in [0.5, 0.6) is 0 Å². The van der Waals surface area contributed by atoms with Gasteiger partial charge < -0.3 is 0 Å². The zero-order valence-electron chi connectivity index (χ0n) is 10.7. The van der Waals surface area contributed by atoms with Gasteiger partial charge in [-0.1, -0.05) is 29.8 Å². The molecule has 2 aliphatic rings. The van der Waals surface area contributed by atoms with Crippen molar-refractivity contribution in [2.24, 2.45) is 0 Å². The van der Waals surface area contributed by atoms with E-state index in [0.29, 0.717) is 6.04 Å². The fourth-order valence-corrected chi connectivity index (χ4v) is 4.52. The van der Waals surface area contributed by atoms with Crippen LogP contribution < -0.4 is 0 Å². The smallest absolute Gasteiger partial charge is 0.0730 e. The minimum absolute atomic E-state index is 0.170. The minimum atomic E-state index is -0.917. The van der Waals surface area contributed by atoms with Crippen molar-refractivity contribution in [1.82, 2.24) is 4.90 Å². The molecule has 2 heterocycles. The summed E-state index contributed by atoms with van der Waals surface area (Å²) >= 11 is 0. The Balaban J connectivity index is 1.85. The van der Waals surface area contributed by atoms with Gasteiger partial charge in [0.2, 0.25) is 0 Å². The first-order chi connectivity index (χ1) is 8.75. The fourth-order valence-electron chi connectivity index (χ4n) is 2.95. The molecular formula is C15H19NOS. The molecule has 3 atom stereocenters. The van der Waals surface area contributed by atoms with Gasteiger partial charge in [-0.25, -0.2) is 0 Å². The van der Waals surface area contributed by atoms with Crippen LogP contribution >= 0.6 is 0 Å². The summed E-state index contributed by atoms with van der Waals surface area (Å²) in [4.78, 5) is 3.43. The lowest BCUT2D eigenvalue weighted by Crippen LogP contribution is -2.43. The van der Waals surface area contributed by atoms with Gasteiger partial charge in [-0.05, 0) is 38.4 Å². The summed E-state index contributed by atoms with van der Waals surface area (Å²) in [6.07, 6.45) is 6.78. The highest BCUT2D eigenvalue weighted by atomic mass is 32.2. The zero-order valence-corrected chi connectivity index (χ0v) is 11.5. The highest BCUT2D eigenvalue weighted by molar-refractivity contribution is 7.86. The van der Waals surface area contributed by atoms with Gasteiger partial charge in [0.1, 0.15) is 0 Å². The molecule has 1 aromatic rings. The maximum Gasteiger partial charge on any atom is 0.0730 e. The van der Waals surface area contributed by atoms with Crippen molar-refractivity contribution in [3.05, 3.63) is 42.0 Å². The second-order valence-corrected chi connectivity index (χ2v) is 6.82. The summed E-state index contributed by atoms with van der Waals surface area (Å²) in [5, 5.41) is 0.170. The van der Waals surface area contributed by atoms with Crippen LogP contribution in [-0.2, 0) is 10.8 Å². The summed E-state index contributed by atoms with van der Waals surface area (Å²) in [7, 11) is -0.917. The largest absolute Gasteiger partial charge is 0.295 e. The summed E-state index contributed by atoms with van der Waals surface area (Å²) in [6.45, 7) is 4.26. The van der Waals surface area contributed by atoms with Crippen molar-refractivity contribution >= 4 is 10.8 Å². The molecule has 0 saturated carbocycles. The molecule has 1 fully saturated rings. The van der Waals surface area contributed by atoms with Crippen LogP contribution in [0.4, 0.5) is 0 Å². The Kier molecular flexibility index (Phi) is 3.35. The van der Waals surface area contributed by atoms with Crippen molar-refractivity contribution < 1.29 is 4.21 Å². The van der Waals surface area contributed by atoms with Gasteiger partial charge in [-0.15, -0.1) is 0 Å². The van der Waals surface area contributed by atoms with Gasteiger partial charge in [-0.2, -0.15) is 0 Å². The molecule has 1 aromatic carbocycles. The van der Waals surface area contributed by atoms with Gasteiger partial charge in [0.25, 0.3) is 0 Å². The van der Waals surface area contributed by atoms with Gasteiger partial charge in [0.05, 0.1) is 16.0 Å². The third-order valence-corrected chi connectivity index (χ3v) is 5.66. The molecule has 0 spiro atoms. The van der Waals surface area contributed by atoms with E-state index in [1.165, 1.54) is 18.4 Å². The number of hydrogen-bond donors (Lipinski definition) is 0. The maximum atomic E-state index is 12.7. The van der Waals surface area contributed by atoms with Crippen LogP contribution in [0, 0.1) is 6.92 Å². The Morgan fingerprint density at radius 2 is 2.06 bits per heavy atom. The molecule has 2 nitrogen and oxygen atoms in total. The number of fused-ring (bicyclic) bond motifs is 1. The van der Waals surface area contributed by atoms with E-state index >= 15 is 0 Å². The molecule has 96 valence electrons. The molecule has 2 aliphatic heterocycles. The lowest BCUT2D eigenvalue weighted by Gasteiger charge is -2.32. The molecular weight excluding hydrogens is 242 g/mol. The topological polar surface area (TPSA) is 20.3 Å². The van der Waals surface area contributed by atoms with Crippen LogP contribution in [0.25, 0.3) is 0 Å². The molecule has 1 unspecified atom stereocenters. The second kappa shape index (κ2) is 4.98. The molecule has 0 radical (unpaired) electrons. The quantitative estimate of drug-likeness (QED) is 0.762. The van der Waals surface area contributed by atoms with Crippen LogP contribution in [0.15, 0.2) is 41.3 Å². The van der Waals surface area contributed by atoms with E-state index in [9.17, 15) is 4.21 Å². The van der Waals surface area contributed by atoms with E-state index in [-0.39, 0.29) is 5.25 Å². The van der Waals surface area contributed by atoms with Crippen LogP contribution in [0.2, 0.25) is 0 Å². The van der Waals surface area contributed by atoms with E-state index in [1.807, 2.05) is 24.3 Å². The molecule has 0 N–H and O–H groups in total. The van der Waals surface area contributed by atoms with Crippen molar-refractivity contribution in [3.8, 4) is 0 Å². The van der Waals surface area contributed by atoms with Crippen LogP contribution in [0.1, 0.15) is 18.4 Å². The first-order valence-corrected chi connectivity index (χ1v) is 7.85. The number of nitrogens with zero attached hydrogens (tertiary/aromatic N) is 1. The molecule has 3 rings (SSSR count). The van der Waals surface area contributed by atoms with E-state index < -0.39 is 10.8 Å². The summed E-state index contributed by atoms with van der Waals surface area (Å²) < 4.78 is 12.7. The summed E-state index contributed by atoms with van der Waals surface area (Å²) in [5.41, 5.74) is 1.22. The number of benzene rings is 1. The van der Waals surface area contributed by atoms with E-state index in [4.69, 9.17) is 0 Å². The van der Waals surface area contributed by atoms with Crippen molar-refractivity contribution in [3.63, 3.8) is 0 Å². The third-order valence-electron chi connectivity index (χ3n) is 3.96. The standard InChI is InChI=1S/C15H19NOS/c1-12-6-8-13(9-7-12)18(17)15-5-3-11-16-10-2-4-14(15)16/h3,5-9,14-15H,2,4,10-11H2,1H3/t14-,15+,18?/m0/s1. The number of aryl methyl sites for hydroxylation is 1. The predicted molar refractivity (Wildman–Crippen MR) is 75.1 cm³/mol. The maximum absolute atomic E-state index is 12.7. The SMILES string of the molecule is Cc1ccc(S(=O)[C@@H]2C=CCN3CCC[C@@H]23)cc1. The Bertz CT molecular complexity index is 480. The first kappa shape index (κ1) is 12.1. The lowest BCUT2D eigenvalue weighted by molar-refractivity contribution is 0.274. The molecule has 0 aliphatic carbocycles. The minimum Gasteiger partial charge on any atom is -0.295 e. The Labute approximate surface area is 111 Å². The molecule has 18 heavy (non-hydrogen) atoms. The Hall–Kier alpha value is -0.930. The number of hydrogen-bond acceptors (Lipinski definition) is 2. The Morgan fingerprint density at radius 1 is 1.28 bits per heavy atom. The van der Waals surface area contributed by atoms with Gasteiger partial charge in [0, 0.05) is 17.5 Å². The van der Waals surface area contributed by atoms with Crippen LogP contribution in [-0.4, -0.2) is 33.5 Å². The zero-order chi connectivity index (χ0) is 12.5. The average Bonchev–Trinajstić information content (AvgIpc) is 2.87. The molecule has 0 amide bonds. The van der Waals surface area contributed by atoms with Crippen molar-refractivity contribution in [1.29, 1.82) is 0 Å². The average molecular weight is 261 g/mol. The molecule has 0 bridgehead atoms. The van der Waals surface area contributed by atoms with Gasteiger partial charge >= 0.3 is 0 Å². The Morgan fingerprint density at radius 3 is 2.83 bits per heavy atom. The lowest BCUT2D eigenvalue weighted by atomic mass is 10.1. The summed E-state index contributed by atoms with van der Waals surface area (Å²) in [6, 6.07) is 8.59. The molecule has 3 heteroatoms. The van der Waals surface area contributed by atoms with E-state index in [0.717, 1.165) is 18.0 Å². The van der Waals surface area contributed by atoms with Crippen molar-refractivity contribution in [2.45, 2.75) is 36.0 Å². The van der Waals surface area contributed by atoms with E-state index in [2.05, 4.69) is 24.0 Å². The second-order valence-electron chi connectivity index (χ2n) is 5.21. The molecule has 1 saturated heterocycles. The first-order valence-electron chi connectivity index (χ1n) is 6.64. The normalized spacial score (nSPS) is 29.2. The van der Waals surface area contributed by atoms with Crippen molar-refractivity contribution in [2.75, 3.05) is 13.1 Å². The van der Waals surface area contributed by atoms with E-state index in [1.54, 1.807) is 0 Å². The fraction of sp³-hybridized carbons (Fsp3) is 0.467. The third kappa shape index (κ3) is 2.17. The number of rotatable bonds is 2. The predicted octanol–water partition coefficient (Wildman–Crippen LogP) is 2.51. The highest BCUT2D eigenvalue weighted by Crippen LogP contribution is 2.29. The van der Waals surface area contributed by atoms with Gasteiger partial charge in [-0.3, -0.25) is 9.11 Å². The van der Waals surface area contributed by atoms with Gasteiger partial charge in [0.15, 0.2) is 0 Å². The monoisotopic (exact) mass is 261 g/mol.